The summed E-state index contributed by atoms with van der Waals surface area (Å²) in [6, 6.07) is 6.58. The summed E-state index contributed by atoms with van der Waals surface area (Å²) in [5, 5.41) is 0. The van der Waals surface area contributed by atoms with E-state index in [0.717, 1.165) is 50.6 Å². The lowest BCUT2D eigenvalue weighted by Gasteiger charge is -2.38. The van der Waals surface area contributed by atoms with Crippen LogP contribution in [0.15, 0.2) is 24.3 Å². The van der Waals surface area contributed by atoms with Crippen molar-refractivity contribution in [2.75, 3.05) is 13.1 Å². The number of amides is 1. The van der Waals surface area contributed by atoms with Gasteiger partial charge in [0.1, 0.15) is 5.82 Å². The first-order valence-corrected chi connectivity index (χ1v) is 7.93. The molecule has 0 bridgehead atoms. The van der Waals surface area contributed by atoms with Crippen molar-refractivity contribution in [3.8, 4) is 0 Å². The SMILES string of the molecule is Cl.NC1CCCN(C(=O)C2(c3ccc(F)cc3)CCCC2)C1. The van der Waals surface area contributed by atoms with Crippen LogP contribution in [0.25, 0.3) is 0 Å². The first kappa shape index (κ1) is 17.2. The number of benzene rings is 1. The Kier molecular flexibility index (Phi) is 5.45. The predicted octanol–water partition coefficient (Wildman–Crippen LogP) is 3.01. The van der Waals surface area contributed by atoms with Gasteiger partial charge in [0, 0.05) is 19.1 Å². The third-order valence-electron chi connectivity index (χ3n) is 5.01. The van der Waals surface area contributed by atoms with Crippen molar-refractivity contribution in [2.45, 2.75) is 50.0 Å². The molecule has 1 aromatic carbocycles. The Morgan fingerprint density at radius 2 is 1.82 bits per heavy atom. The molecule has 1 aliphatic carbocycles. The number of rotatable bonds is 2. The van der Waals surface area contributed by atoms with Crippen molar-refractivity contribution in [1.82, 2.24) is 4.90 Å². The number of hydrogen-bond acceptors (Lipinski definition) is 2. The van der Waals surface area contributed by atoms with Gasteiger partial charge in [0.15, 0.2) is 0 Å². The molecular formula is C17H24ClFN2O. The number of nitrogens with zero attached hydrogens (tertiary/aromatic N) is 1. The lowest BCUT2D eigenvalue weighted by molar-refractivity contribution is -0.138. The maximum atomic E-state index is 13.2. The van der Waals surface area contributed by atoms with Crippen LogP contribution >= 0.6 is 12.4 Å². The van der Waals surface area contributed by atoms with Crippen LogP contribution in [0.1, 0.15) is 44.1 Å². The zero-order valence-electron chi connectivity index (χ0n) is 12.8. The molecule has 2 aliphatic rings. The second-order valence-corrected chi connectivity index (χ2v) is 6.45. The van der Waals surface area contributed by atoms with Crippen molar-refractivity contribution in [2.24, 2.45) is 5.73 Å². The Hall–Kier alpha value is -1.13. The standard InChI is InChI=1S/C17H23FN2O.ClH/c18-14-7-5-13(6-8-14)17(9-1-2-10-17)16(21)20-11-3-4-15(19)12-20;/h5-8,15H,1-4,9-12,19H2;1H. The van der Waals surface area contributed by atoms with Crippen LogP contribution in [-0.2, 0) is 10.2 Å². The number of likely N-dealkylation sites (tertiary alicyclic amines) is 1. The van der Waals surface area contributed by atoms with E-state index in [2.05, 4.69) is 0 Å². The van der Waals surface area contributed by atoms with Gasteiger partial charge in [0.2, 0.25) is 5.91 Å². The molecule has 1 amide bonds. The molecule has 1 heterocycles. The highest BCUT2D eigenvalue weighted by molar-refractivity contribution is 5.88. The van der Waals surface area contributed by atoms with E-state index in [9.17, 15) is 9.18 Å². The fourth-order valence-electron chi connectivity index (χ4n) is 3.87. The molecule has 3 rings (SSSR count). The summed E-state index contributed by atoms with van der Waals surface area (Å²) in [5.41, 5.74) is 6.53. The van der Waals surface area contributed by atoms with E-state index in [1.54, 1.807) is 12.1 Å². The lowest BCUT2D eigenvalue weighted by atomic mass is 9.77. The quantitative estimate of drug-likeness (QED) is 0.908. The van der Waals surface area contributed by atoms with Gasteiger partial charge in [0.25, 0.3) is 0 Å². The van der Waals surface area contributed by atoms with Crippen molar-refractivity contribution in [3.05, 3.63) is 35.6 Å². The largest absolute Gasteiger partial charge is 0.340 e. The molecule has 3 nitrogen and oxygen atoms in total. The molecule has 1 aromatic rings. The van der Waals surface area contributed by atoms with Gasteiger partial charge in [-0.1, -0.05) is 25.0 Å². The summed E-state index contributed by atoms with van der Waals surface area (Å²) < 4.78 is 13.2. The summed E-state index contributed by atoms with van der Waals surface area (Å²) in [6.07, 6.45) is 5.82. The maximum Gasteiger partial charge on any atom is 0.233 e. The van der Waals surface area contributed by atoms with Crippen molar-refractivity contribution in [1.29, 1.82) is 0 Å². The lowest BCUT2D eigenvalue weighted by Crippen LogP contribution is -2.52. The van der Waals surface area contributed by atoms with Gasteiger partial charge in [-0.2, -0.15) is 0 Å². The number of nitrogens with two attached hydrogens (primary N) is 1. The number of piperidine rings is 1. The van der Waals surface area contributed by atoms with E-state index in [1.165, 1.54) is 12.1 Å². The molecule has 2 N–H and O–H groups in total. The molecule has 122 valence electrons. The minimum Gasteiger partial charge on any atom is -0.340 e. The van der Waals surface area contributed by atoms with E-state index in [1.807, 2.05) is 4.90 Å². The van der Waals surface area contributed by atoms with Crippen LogP contribution < -0.4 is 5.73 Å². The van der Waals surface area contributed by atoms with Crippen LogP contribution in [0, 0.1) is 5.82 Å². The maximum absolute atomic E-state index is 13.2. The van der Waals surface area contributed by atoms with Gasteiger partial charge < -0.3 is 10.6 Å². The number of hydrogen-bond donors (Lipinski definition) is 1. The predicted molar refractivity (Wildman–Crippen MR) is 87.6 cm³/mol. The molecule has 1 atom stereocenters. The van der Waals surface area contributed by atoms with E-state index >= 15 is 0 Å². The average molecular weight is 327 g/mol. The number of carbonyl (C=O) groups excluding carboxylic acids is 1. The molecular weight excluding hydrogens is 303 g/mol. The Bertz CT molecular complexity index is 514. The fraction of sp³-hybridized carbons (Fsp3) is 0.588. The Labute approximate surface area is 137 Å². The third-order valence-corrected chi connectivity index (χ3v) is 5.01. The number of halogens is 2. The van der Waals surface area contributed by atoms with Crippen LogP contribution in [0.3, 0.4) is 0 Å². The van der Waals surface area contributed by atoms with Crippen LogP contribution in [0.2, 0.25) is 0 Å². The minimum atomic E-state index is -0.454. The monoisotopic (exact) mass is 326 g/mol. The molecule has 1 aliphatic heterocycles. The van der Waals surface area contributed by atoms with Crippen LogP contribution in [-0.4, -0.2) is 29.9 Å². The van der Waals surface area contributed by atoms with Crippen LogP contribution in [0.5, 0.6) is 0 Å². The summed E-state index contributed by atoms with van der Waals surface area (Å²) in [7, 11) is 0. The average Bonchev–Trinajstić information content (AvgIpc) is 2.98. The first-order valence-electron chi connectivity index (χ1n) is 7.93. The van der Waals surface area contributed by atoms with E-state index in [0.29, 0.717) is 6.54 Å². The highest BCUT2D eigenvalue weighted by Gasteiger charge is 2.45. The highest BCUT2D eigenvalue weighted by atomic mass is 35.5. The van der Waals surface area contributed by atoms with E-state index in [4.69, 9.17) is 5.73 Å². The van der Waals surface area contributed by atoms with Gasteiger partial charge in [-0.25, -0.2) is 4.39 Å². The third kappa shape index (κ3) is 3.13. The molecule has 1 unspecified atom stereocenters. The smallest absolute Gasteiger partial charge is 0.233 e. The summed E-state index contributed by atoms with van der Waals surface area (Å²) in [6.45, 7) is 1.46. The molecule has 2 fully saturated rings. The van der Waals surface area contributed by atoms with Crippen molar-refractivity contribution < 1.29 is 9.18 Å². The Morgan fingerprint density at radius 3 is 2.41 bits per heavy atom. The second-order valence-electron chi connectivity index (χ2n) is 6.45. The zero-order valence-corrected chi connectivity index (χ0v) is 13.6. The summed E-state index contributed by atoms with van der Waals surface area (Å²) in [5.74, 6) is -0.0545. The molecule has 5 heteroatoms. The summed E-state index contributed by atoms with van der Waals surface area (Å²) >= 11 is 0. The Balaban J connectivity index is 0.00000176. The van der Waals surface area contributed by atoms with Crippen LogP contribution in [0.4, 0.5) is 4.39 Å². The molecule has 22 heavy (non-hydrogen) atoms. The molecule has 1 saturated carbocycles. The molecule has 0 spiro atoms. The van der Waals surface area contributed by atoms with Gasteiger partial charge >= 0.3 is 0 Å². The van der Waals surface area contributed by atoms with Gasteiger partial charge in [-0.3, -0.25) is 4.79 Å². The Morgan fingerprint density at radius 1 is 1.18 bits per heavy atom. The first-order chi connectivity index (χ1) is 10.1. The normalized spacial score (nSPS) is 23.9. The molecule has 1 saturated heterocycles. The highest BCUT2D eigenvalue weighted by Crippen LogP contribution is 2.43. The topological polar surface area (TPSA) is 46.3 Å². The zero-order chi connectivity index (χ0) is 14.9. The number of carbonyl (C=O) groups is 1. The van der Waals surface area contributed by atoms with E-state index < -0.39 is 5.41 Å². The molecule has 0 radical (unpaired) electrons. The van der Waals surface area contributed by atoms with Gasteiger partial charge in [0.05, 0.1) is 5.41 Å². The van der Waals surface area contributed by atoms with Gasteiger partial charge in [-0.15, -0.1) is 12.4 Å². The fourth-order valence-corrected chi connectivity index (χ4v) is 3.87. The van der Waals surface area contributed by atoms with E-state index in [-0.39, 0.29) is 30.2 Å². The second kappa shape index (κ2) is 6.97. The minimum absolute atomic E-state index is 0. The van der Waals surface area contributed by atoms with Crippen molar-refractivity contribution >= 4 is 18.3 Å². The van der Waals surface area contributed by atoms with Gasteiger partial charge in [-0.05, 0) is 43.4 Å². The van der Waals surface area contributed by atoms with Crippen molar-refractivity contribution in [3.63, 3.8) is 0 Å². The summed E-state index contributed by atoms with van der Waals surface area (Å²) in [4.78, 5) is 15.1. The molecule has 0 aromatic heterocycles.